The highest BCUT2D eigenvalue weighted by Gasteiger charge is 2.78. The van der Waals surface area contributed by atoms with Crippen molar-refractivity contribution in [3.05, 3.63) is 119 Å². The van der Waals surface area contributed by atoms with Gasteiger partial charge in [0.1, 0.15) is 54.4 Å². The molecular weight excluding hydrogens is 915 g/mol. The number of carbonyl (C=O) groups is 5. The van der Waals surface area contributed by atoms with Gasteiger partial charge in [-0.2, -0.15) is 0 Å². The number of esters is 3. The molecule has 16 atom stereocenters. The average molecular weight is 974 g/mol. The number of rotatable bonds is 12. The number of carbonyl (C=O) groups excluding carboxylic acids is 5. The van der Waals surface area contributed by atoms with Crippen LogP contribution < -0.4 is 5.32 Å². The third kappa shape index (κ3) is 8.44. The highest BCUT2D eigenvalue weighted by molar-refractivity contribution is 5.95. The second-order valence-corrected chi connectivity index (χ2v) is 19.6. The van der Waals surface area contributed by atoms with Crippen LogP contribution in [0.3, 0.4) is 0 Å². The van der Waals surface area contributed by atoms with Crippen molar-refractivity contribution in [2.75, 3.05) is 13.2 Å². The normalized spacial score (nSPS) is 36.3. The number of nitrogens with one attached hydrogen (secondary N) is 1. The van der Waals surface area contributed by atoms with Crippen molar-refractivity contribution in [1.29, 1.82) is 0 Å². The number of Topliss-reactive ketones (excluding diaryl/α,β-unsaturated/α-hetero) is 1. The molecule has 70 heavy (non-hydrogen) atoms. The van der Waals surface area contributed by atoms with E-state index in [1.807, 2.05) is 0 Å². The summed E-state index contributed by atoms with van der Waals surface area (Å²) in [6.07, 6.45) is -20.9. The summed E-state index contributed by atoms with van der Waals surface area (Å²) in [5.41, 5.74) is -7.99. The minimum absolute atomic E-state index is 0.0143. The van der Waals surface area contributed by atoms with Crippen LogP contribution in [0.15, 0.2) is 102 Å². The van der Waals surface area contributed by atoms with Gasteiger partial charge in [-0.05, 0) is 54.8 Å². The first kappa shape index (κ1) is 50.9. The van der Waals surface area contributed by atoms with Gasteiger partial charge in [0.05, 0.1) is 42.3 Å². The lowest BCUT2D eigenvalue weighted by molar-refractivity contribution is -0.349. The van der Waals surface area contributed by atoms with Crippen molar-refractivity contribution in [1.82, 2.24) is 5.32 Å². The maximum atomic E-state index is 16.1. The molecule has 2 saturated carbocycles. The number of ether oxygens (including phenoxy) is 6. The number of hydrogen-bond donors (Lipinski definition) is 8. The molecule has 2 aliphatic heterocycles. The second kappa shape index (κ2) is 19.3. The van der Waals surface area contributed by atoms with Crippen LogP contribution in [0, 0.1) is 16.7 Å². The third-order valence-electron chi connectivity index (χ3n) is 15.3. The van der Waals surface area contributed by atoms with E-state index in [1.54, 1.807) is 66.7 Å². The summed E-state index contributed by atoms with van der Waals surface area (Å²) in [7, 11) is 0. The van der Waals surface area contributed by atoms with E-state index in [0.717, 1.165) is 6.92 Å². The quantitative estimate of drug-likeness (QED) is 0.0713. The third-order valence-corrected chi connectivity index (χ3v) is 15.3. The lowest BCUT2D eigenvalue weighted by atomic mass is 9.44. The second-order valence-electron chi connectivity index (χ2n) is 19.6. The zero-order chi connectivity index (χ0) is 50.7. The van der Waals surface area contributed by atoms with Gasteiger partial charge in [-0.1, -0.05) is 80.6 Å². The molecule has 8 rings (SSSR count). The Labute approximate surface area is 402 Å². The molecule has 0 spiro atoms. The maximum Gasteiger partial charge on any atom is 0.338 e. The molecule has 376 valence electrons. The van der Waals surface area contributed by atoms with Crippen molar-refractivity contribution in [3.63, 3.8) is 0 Å². The average Bonchev–Trinajstić information content (AvgIpc) is 3.34. The molecule has 8 N–H and O–H groups in total. The lowest BCUT2D eigenvalue weighted by Crippen LogP contribution is -2.82. The first-order chi connectivity index (χ1) is 33.1. The summed E-state index contributed by atoms with van der Waals surface area (Å²) >= 11 is 0. The topological polar surface area (TPSA) is 294 Å². The van der Waals surface area contributed by atoms with E-state index >= 15 is 4.79 Å². The number of ketones is 1. The Hall–Kier alpha value is -5.45. The number of amides is 1. The number of fused-ring (bicyclic) bond motifs is 5. The molecule has 4 fully saturated rings. The Bertz CT molecular complexity index is 2490. The van der Waals surface area contributed by atoms with Crippen molar-refractivity contribution >= 4 is 29.6 Å². The molecule has 19 nitrogen and oxygen atoms in total. The van der Waals surface area contributed by atoms with E-state index in [-0.39, 0.29) is 28.7 Å². The molecule has 0 radical (unpaired) electrons. The van der Waals surface area contributed by atoms with Gasteiger partial charge in [0.15, 0.2) is 23.8 Å². The predicted octanol–water partition coefficient (Wildman–Crippen LogP) is 0.989. The zero-order valence-electron chi connectivity index (χ0n) is 39.1. The van der Waals surface area contributed by atoms with Crippen molar-refractivity contribution in [2.24, 2.45) is 16.7 Å². The molecule has 0 aromatic heterocycles. The Kier molecular flexibility index (Phi) is 14.0. The fourth-order valence-corrected chi connectivity index (χ4v) is 11.3. The number of benzene rings is 3. The Morgan fingerprint density at radius 2 is 1.44 bits per heavy atom. The fraction of sp³-hybridized carbons (Fsp3) is 0.510. The van der Waals surface area contributed by atoms with Gasteiger partial charge in [-0.15, -0.1) is 0 Å². The molecule has 3 unspecified atom stereocenters. The van der Waals surface area contributed by atoms with Crippen LogP contribution in [-0.2, 0) is 42.8 Å². The molecule has 3 aromatic carbocycles. The predicted molar refractivity (Wildman–Crippen MR) is 241 cm³/mol. The lowest BCUT2D eigenvalue weighted by Gasteiger charge is -2.67. The first-order valence-corrected chi connectivity index (χ1v) is 23.1. The van der Waals surface area contributed by atoms with Crippen LogP contribution in [0.25, 0.3) is 0 Å². The standard InChI is InChI=1S/C51H59NO18/c1-25-30(66-46(63)37(57)35(27-15-9-6-10-16-27)52-44(61)28-17-11-7-12-18-28)22-51(64)43(69-45(62)29-19-13-8-14-20-29)41-49(5,32(55)21-33-50(41,24-65-33)70-26(2)54)42(60)40(34(25)48(51,3)4)68-47-39(59)38(58)36(56)31(23-53)67-47/h6-20,30-33,35-41,43,47,53,55-59,64H,21-24H2,1-5H3,(H,52,61)/t30-,31+,32-,33?,35-,36+,37+,38-,39+,40+,41?,43?,47+,49+,50-,51+/m0/s1. The molecule has 3 aliphatic carbocycles. The van der Waals surface area contributed by atoms with Crippen LogP contribution >= 0.6 is 0 Å². The van der Waals surface area contributed by atoms with E-state index in [0.29, 0.717) is 5.56 Å². The van der Waals surface area contributed by atoms with E-state index in [9.17, 15) is 54.9 Å². The SMILES string of the molecule is CC(=O)O[C@@]12COC1C[C@H](O)[C@@]1(C)C(=O)[C@H](O[C@H]3O[C@H](CO)[C@@H](O)[C@H](O)[C@H]3O)C3=C(C)[C@@H](OC(=O)[C@H](O)[C@@H](NC(=O)c4ccccc4)c4ccccc4)C[C@@](O)(C(OC(=O)c4ccccc4)C21)C3(C)C. The summed E-state index contributed by atoms with van der Waals surface area (Å²) in [5, 5.41) is 84.0. The van der Waals surface area contributed by atoms with E-state index < -0.39 is 151 Å². The smallest absolute Gasteiger partial charge is 0.338 e. The van der Waals surface area contributed by atoms with Crippen molar-refractivity contribution in [2.45, 2.75) is 132 Å². The summed E-state index contributed by atoms with van der Waals surface area (Å²) in [6, 6.07) is 22.5. The van der Waals surface area contributed by atoms with Crippen LogP contribution in [0.1, 0.15) is 79.8 Å². The minimum Gasteiger partial charge on any atom is -0.456 e. The Balaban J connectivity index is 1.31. The summed E-state index contributed by atoms with van der Waals surface area (Å²) in [5.74, 6) is -6.45. The largest absolute Gasteiger partial charge is 0.456 e. The molecular formula is C51H59NO18. The summed E-state index contributed by atoms with van der Waals surface area (Å²) in [4.78, 5) is 71.9. The van der Waals surface area contributed by atoms with Gasteiger partial charge in [0, 0.05) is 30.7 Å². The van der Waals surface area contributed by atoms with Gasteiger partial charge in [0.25, 0.3) is 5.91 Å². The molecule has 2 saturated heterocycles. The van der Waals surface area contributed by atoms with Gasteiger partial charge in [-0.3, -0.25) is 14.4 Å². The molecule has 19 heteroatoms. The fourth-order valence-electron chi connectivity index (χ4n) is 11.3. The molecule has 2 heterocycles. The number of hydrogen-bond acceptors (Lipinski definition) is 18. The minimum atomic E-state index is -2.53. The highest BCUT2D eigenvalue weighted by atomic mass is 16.7. The Morgan fingerprint density at radius 1 is 0.843 bits per heavy atom. The molecule has 2 bridgehead atoms. The number of aliphatic hydroxyl groups is 7. The maximum absolute atomic E-state index is 16.1. The van der Waals surface area contributed by atoms with Crippen LogP contribution in [-0.4, -0.2) is 157 Å². The zero-order valence-corrected chi connectivity index (χ0v) is 39.1. The van der Waals surface area contributed by atoms with Gasteiger partial charge in [-0.25, -0.2) is 9.59 Å². The number of aliphatic hydroxyl groups excluding tert-OH is 6. The van der Waals surface area contributed by atoms with E-state index in [2.05, 4.69) is 5.32 Å². The molecule has 3 aromatic rings. The van der Waals surface area contributed by atoms with Crippen molar-refractivity contribution < 1.29 is 88.1 Å². The Morgan fingerprint density at radius 3 is 2.01 bits per heavy atom. The first-order valence-electron chi connectivity index (χ1n) is 23.1. The monoisotopic (exact) mass is 973 g/mol. The summed E-state index contributed by atoms with van der Waals surface area (Å²) in [6.45, 7) is 5.65. The van der Waals surface area contributed by atoms with Crippen LogP contribution in [0.4, 0.5) is 0 Å². The van der Waals surface area contributed by atoms with Gasteiger partial charge >= 0.3 is 17.9 Å². The van der Waals surface area contributed by atoms with Crippen LogP contribution in [0.5, 0.6) is 0 Å². The van der Waals surface area contributed by atoms with Gasteiger partial charge in [0.2, 0.25) is 0 Å². The van der Waals surface area contributed by atoms with Crippen molar-refractivity contribution in [3.8, 4) is 0 Å². The van der Waals surface area contributed by atoms with Crippen LogP contribution in [0.2, 0.25) is 0 Å². The molecule has 1 amide bonds. The van der Waals surface area contributed by atoms with Gasteiger partial charge < -0.3 is 69.5 Å². The highest BCUT2D eigenvalue weighted by Crippen LogP contribution is 2.64. The molecule has 5 aliphatic rings. The van der Waals surface area contributed by atoms with E-state index in [1.165, 1.54) is 52.0 Å². The summed E-state index contributed by atoms with van der Waals surface area (Å²) < 4.78 is 36.9. The van der Waals surface area contributed by atoms with E-state index in [4.69, 9.17) is 28.4 Å².